The normalized spacial score (nSPS) is 19.6. The Morgan fingerprint density at radius 1 is 1.07 bits per heavy atom. The average molecular weight is 596 g/mol. The molecule has 3 amide bonds. The van der Waals surface area contributed by atoms with E-state index in [2.05, 4.69) is 10.6 Å². The number of nitrogens with zero attached hydrogens (tertiary/aromatic N) is 1. The summed E-state index contributed by atoms with van der Waals surface area (Å²) >= 11 is 0. The molecule has 2 bridgehead atoms. The quantitative estimate of drug-likeness (QED) is 0.368. The third-order valence-electron chi connectivity index (χ3n) is 7.63. The molecule has 2 heterocycles. The number of fused-ring (bicyclic) bond motifs is 3. The van der Waals surface area contributed by atoms with Crippen LogP contribution in [0.1, 0.15) is 47.7 Å². The highest BCUT2D eigenvalue weighted by molar-refractivity contribution is 5.97. The van der Waals surface area contributed by atoms with E-state index in [4.69, 9.17) is 18.9 Å². The molecule has 11 nitrogen and oxygen atoms in total. The number of aryl methyl sites for hydroxylation is 1. The van der Waals surface area contributed by atoms with E-state index in [1.807, 2.05) is 6.07 Å². The van der Waals surface area contributed by atoms with E-state index in [0.717, 1.165) is 29.7 Å². The predicted molar refractivity (Wildman–Crippen MR) is 158 cm³/mol. The summed E-state index contributed by atoms with van der Waals surface area (Å²) in [5.41, 5.74) is 1.07. The van der Waals surface area contributed by atoms with Gasteiger partial charge in [0.2, 0.25) is 5.91 Å². The molecule has 43 heavy (non-hydrogen) atoms. The molecule has 0 saturated heterocycles. The smallest absolute Gasteiger partial charge is 0.314 e. The summed E-state index contributed by atoms with van der Waals surface area (Å²) in [5.74, 6) is -0.323. The number of benzene rings is 2. The number of hydrogen-bond donors (Lipinski definition) is 2. The van der Waals surface area contributed by atoms with Gasteiger partial charge in [0, 0.05) is 38.9 Å². The molecule has 4 rings (SSSR count). The highest BCUT2D eigenvalue weighted by Crippen LogP contribution is 2.32. The van der Waals surface area contributed by atoms with Crippen LogP contribution in [0, 0.1) is 5.41 Å². The van der Waals surface area contributed by atoms with Crippen molar-refractivity contribution in [1.82, 2.24) is 15.5 Å². The molecule has 2 aromatic carbocycles. The number of hydrogen-bond acceptors (Lipinski definition) is 8. The Balaban J connectivity index is 1.62. The third-order valence-corrected chi connectivity index (χ3v) is 7.63. The van der Waals surface area contributed by atoms with Crippen molar-refractivity contribution in [2.75, 3.05) is 59.7 Å². The maximum Gasteiger partial charge on any atom is 0.314 e. The second-order valence-corrected chi connectivity index (χ2v) is 10.8. The maximum atomic E-state index is 13.6. The molecule has 232 valence electrons. The Bertz CT molecular complexity index is 1300. The molecule has 0 saturated carbocycles. The van der Waals surface area contributed by atoms with Gasteiger partial charge in [-0.05, 0) is 80.5 Å². The molecule has 2 N–H and O–H groups in total. The summed E-state index contributed by atoms with van der Waals surface area (Å²) < 4.78 is 22.2. The summed E-state index contributed by atoms with van der Waals surface area (Å²) in [6.45, 7) is 2.74. The minimum atomic E-state index is -1.09. The Morgan fingerprint density at radius 3 is 2.74 bits per heavy atom. The monoisotopic (exact) mass is 595 g/mol. The van der Waals surface area contributed by atoms with Crippen molar-refractivity contribution >= 4 is 23.7 Å². The molecule has 0 radical (unpaired) electrons. The van der Waals surface area contributed by atoms with Crippen LogP contribution in [0.5, 0.6) is 11.5 Å². The molecule has 2 aliphatic heterocycles. The van der Waals surface area contributed by atoms with Gasteiger partial charge in [-0.3, -0.25) is 19.2 Å². The van der Waals surface area contributed by atoms with Crippen LogP contribution >= 0.6 is 0 Å². The molecule has 2 aliphatic rings. The van der Waals surface area contributed by atoms with E-state index in [9.17, 15) is 19.2 Å². The first-order chi connectivity index (χ1) is 20.8. The fourth-order valence-corrected chi connectivity index (χ4v) is 5.42. The number of esters is 1. The molecule has 11 heteroatoms. The van der Waals surface area contributed by atoms with Gasteiger partial charge in [-0.15, -0.1) is 0 Å². The van der Waals surface area contributed by atoms with Crippen molar-refractivity contribution < 1.29 is 38.1 Å². The summed E-state index contributed by atoms with van der Waals surface area (Å²) in [4.78, 5) is 54.5. The number of methoxy groups -OCH3 is 1. The SMILES string of the molecule is CCOC(=O)C1(CCCOC)CNC(=O)CN(C(=O)c2ccc3c(c2)CCCO3)CCNC(=O)COc2cccc(c2)C1. The largest absolute Gasteiger partial charge is 0.493 e. The van der Waals surface area contributed by atoms with E-state index < -0.39 is 17.3 Å². The van der Waals surface area contributed by atoms with Crippen LogP contribution in [0.15, 0.2) is 42.5 Å². The lowest BCUT2D eigenvalue weighted by molar-refractivity contribution is -0.156. The summed E-state index contributed by atoms with van der Waals surface area (Å²) in [6.07, 6.45) is 2.88. The Labute approximate surface area is 252 Å². The van der Waals surface area contributed by atoms with Crippen LogP contribution in [-0.2, 0) is 36.7 Å². The van der Waals surface area contributed by atoms with E-state index >= 15 is 0 Å². The second kappa shape index (κ2) is 15.4. The number of carbonyl (C=O) groups excluding carboxylic acids is 4. The van der Waals surface area contributed by atoms with Crippen molar-refractivity contribution in [3.8, 4) is 11.5 Å². The zero-order valence-corrected chi connectivity index (χ0v) is 24.9. The van der Waals surface area contributed by atoms with E-state index in [-0.39, 0.29) is 57.6 Å². The van der Waals surface area contributed by atoms with Gasteiger partial charge in [0.25, 0.3) is 11.8 Å². The van der Waals surface area contributed by atoms with Gasteiger partial charge in [0.15, 0.2) is 6.61 Å². The topological polar surface area (TPSA) is 132 Å². The van der Waals surface area contributed by atoms with Gasteiger partial charge < -0.3 is 34.5 Å². The molecule has 0 fully saturated rings. The Hall–Kier alpha value is -4.12. The highest BCUT2D eigenvalue weighted by atomic mass is 16.5. The number of ether oxygens (including phenoxy) is 4. The summed E-state index contributed by atoms with van der Waals surface area (Å²) in [5, 5.41) is 5.67. The van der Waals surface area contributed by atoms with Crippen LogP contribution in [-0.4, -0.2) is 88.3 Å². The van der Waals surface area contributed by atoms with Gasteiger partial charge in [-0.1, -0.05) is 12.1 Å². The number of amides is 3. The van der Waals surface area contributed by atoms with E-state index in [0.29, 0.717) is 37.4 Å². The predicted octanol–water partition coefficient (Wildman–Crippen LogP) is 2.30. The fourth-order valence-electron chi connectivity index (χ4n) is 5.42. The second-order valence-electron chi connectivity index (χ2n) is 10.8. The Morgan fingerprint density at radius 2 is 1.93 bits per heavy atom. The van der Waals surface area contributed by atoms with Crippen molar-refractivity contribution in [3.05, 3.63) is 59.2 Å². The van der Waals surface area contributed by atoms with Crippen LogP contribution in [0.25, 0.3) is 0 Å². The molecular weight excluding hydrogens is 554 g/mol. The standard InChI is InChI=1S/C32H41N3O8/c1-3-41-31(39)32(12-6-15-40-2)19-23-7-4-9-26(17-23)43-21-29(37)33-13-14-35(20-28(36)34-22-32)30(38)25-10-11-27-24(18-25)8-5-16-42-27/h4,7,9-11,17-18H,3,5-6,8,12-16,19-22H2,1-2H3,(H,33,37)(H,34,36). The number of nitrogens with one attached hydrogen (secondary N) is 2. The van der Waals surface area contributed by atoms with Crippen molar-refractivity contribution in [1.29, 1.82) is 0 Å². The van der Waals surface area contributed by atoms with Crippen molar-refractivity contribution in [2.45, 2.75) is 39.0 Å². The molecular formula is C32H41N3O8. The fraction of sp³-hybridized carbons (Fsp3) is 0.500. The average Bonchev–Trinajstić information content (AvgIpc) is 3.01. The zero-order chi connectivity index (χ0) is 30.7. The lowest BCUT2D eigenvalue weighted by atomic mass is 9.77. The van der Waals surface area contributed by atoms with Crippen LogP contribution in [0.4, 0.5) is 0 Å². The first-order valence-corrected chi connectivity index (χ1v) is 14.8. The molecule has 1 unspecified atom stereocenters. The molecule has 0 spiro atoms. The lowest BCUT2D eigenvalue weighted by Gasteiger charge is -2.32. The van der Waals surface area contributed by atoms with Gasteiger partial charge in [-0.2, -0.15) is 0 Å². The Kier molecular flexibility index (Phi) is 11.4. The van der Waals surface area contributed by atoms with Crippen LogP contribution < -0.4 is 20.1 Å². The summed E-state index contributed by atoms with van der Waals surface area (Å²) in [7, 11) is 1.59. The lowest BCUT2D eigenvalue weighted by Crippen LogP contribution is -2.49. The highest BCUT2D eigenvalue weighted by Gasteiger charge is 2.40. The molecule has 0 aromatic heterocycles. The summed E-state index contributed by atoms with van der Waals surface area (Å²) in [6, 6.07) is 12.5. The maximum absolute atomic E-state index is 13.6. The zero-order valence-electron chi connectivity index (χ0n) is 24.9. The first kappa shape index (κ1) is 31.8. The molecule has 2 aromatic rings. The van der Waals surface area contributed by atoms with Crippen molar-refractivity contribution in [3.63, 3.8) is 0 Å². The van der Waals surface area contributed by atoms with Crippen LogP contribution in [0.3, 0.4) is 0 Å². The molecule has 1 atom stereocenters. The number of rotatable bonds is 7. The van der Waals surface area contributed by atoms with Gasteiger partial charge in [0.1, 0.15) is 11.5 Å². The minimum Gasteiger partial charge on any atom is -0.493 e. The minimum absolute atomic E-state index is 0.00835. The van der Waals surface area contributed by atoms with E-state index in [1.54, 1.807) is 50.4 Å². The first-order valence-electron chi connectivity index (χ1n) is 14.8. The van der Waals surface area contributed by atoms with Gasteiger partial charge in [0.05, 0.1) is 25.2 Å². The van der Waals surface area contributed by atoms with E-state index in [1.165, 1.54) is 4.90 Å². The van der Waals surface area contributed by atoms with Gasteiger partial charge >= 0.3 is 5.97 Å². The molecule has 0 aliphatic carbocycles. The number of carbonyl (C=O) groups is 4. The van der Waals surface area contributed by atoms with Crippen molar-refractivity contribution in [2.24, 2.45) is 5.41 Å². The third kappa shape index (κ3) is 8.70. The van der Waals surface area contributed by atoms with Gasteiger partial charge in [-0.25, -0.2) is 0 Å². The van der Waals surface area contributed by atoms with Crippen LogP contribution in [0.2, 0.25) is 0 Å².